The fraction of sp³-hybridized carbons (Fsp3) is 0.625. The van der Waals surface area contributed by atoms with Crippen LogP contribution in [0, 0.1) is 0 Å². The predicted octanol–water partition coefficient (Wildman–Crippen LogP) is 2.22. The maximum atomic E-state index is 12.4. The molecule has 0 amide bonds. The van der Waals surface area contributed by atoms with Crippen molar-refractivity contribution in [1.82, 2.24) is 9.62 Å². The van der Waals surface area contributed by atoms with E-state index in [0.29, 0.717) is 12.3 Å². The molecule has 0 aliphatic heterocycles. The second kappa shape index (κ2) is 7.44. The number of nitrogens with one attached hydrogen (secondary N) is 1. The number of methoxy groups -OCH3 is 1. The lowest BCUT2D eigenvalue weighted by molar-refractivity contribution is 0.396. The van der Waals surface area contributed by atoms with Crippen molar-refractivity contribution in [3.8, 4) is 5.75 Å². The Labute approximate surface area is 134 Å². The summed E-state index contributed by atoms with van der Waals surface area (Å²) in [6, 6.07) is 5.00. The van der Waals surface area contributed by atoms with Gasteiger partial charge in [-0.2, -0.15) is 0 Å². The summed E-state index contributed by atoms with van der Waals surface area (Å²) in [5, 5.41) is 0. The van der Waals surface area contributed by atoms with Crippen LogP contribution >= 0.6 is 0 Å². The van der Waals surface area contributed by atoms with Crippen molar-refractivity contribution in [2.45, 2.75) is 37.5 Å². The molecule has 0 fully saturated rings. The van der Waals surface area contributed by atoms with Crippen LogP contribution in [0.2, 0.25) is 0 Å². The molecule has 1 N–H and O–H groups in total. The van der Waals surface area contributed by atoms with Crippen molar-refractivity contribution in [1.29, 1.82) is 0 Å². The van der Waals surface area contributed by atoms with Gasteiger partial charge in [0.2, 0.25) is 10.0 Å². The van der Waals surface area contributed by atoms with E-state index in [4.69, 9.17) is 4.74 Å². The maximum Gasteiger partial charge on any atom is 0.240 e. The molecule has 22 heavy (non-hydrogen) atoms. The molecule has 1 aromatic rings. The van der Waals surface area contributed by atoms with Crippen LogP contribution in [0.25, 0.3) is 0 Å². The van der Waals surface area contributed by atoms with E-state index in [1.807, 2.05) is 39.8 Å². The smallest absolute Gasteiger partial charge is 0.240 e. The Morgan fingerprint density at radius 1 is 1.23 bits per heavy atom. The second-order valence-electron chi connectivity index (χ2n) is 6.67. The number of hydrogen-bond donors (Lipinski definition) is 1. The van der Waals surface area contributed by atoms with Gasteiger partial charge in [0.15, 0.2) is 0 Å². The summed E-state index contributed by atoms with van der Waals surface area (Å²) in [6.45, 7) is 7.37. The molecule has 0 saturated carbocycles. The Bertz CT molecular complexity index is 590. The number of sulfonamides is 1. The largest absolute Gasteiger partial charge is 0.496 e. The average Bonchev–Trinajstić information content (AvgIpc) is 2.41. The molecule has 126 valence electrons. The van der Waals surface area contributed by atoms with Crippen LogP contribution in [0.3, 0.4) is 0 Å². The minimum absolute atomic E-state index is 0.193. The van der Waals surface area contributed by atoms with E-state index in [1.54, 1.807) is 25.3 Å². The molecule has 0 spiro atoms. The van der Waals surface area contributed by atoms with Crippen molar-refractivity contribution < 1.29 is 13.2 Å². The first kappa shape index (κ1) is 18.9. The molecule has 1 rings (SSSR count). The molecule has 0 radical (unpaired) electrons. The normalized spacial score (nSPS) is 12.7. The molecular weight excluding hydrogens is 300 g/mol. The molecule has 0 atom stereocenters. The van der Waals surface area contributed by atoms with E-state index in [-0.39, 0.29) is 10.3 Å². The summed E-state index contributed by atoms with van der Waals surface area (Å²) in [5.41, 5.74) is 0.688. The summed E-state index contributed by atoms with van der Waals surface area (Å²) < 4.78 is 32.8. The molecule has 0 aliphatic rings. The van der Waals surface area contributed by atoms with Crippen molar-refractivity contribution >= 4 is 10.0 Å². The van der Waals surface area contributed by atoms with Crippen LogP contribution in [0.4, 0.5) is 0 Å². The Morgan fingerprint density at radius 3 is 2.36 bits per heavy atom. The Kier molecular flexibility index (Phi) is 6.40. The Hall–Kier alpha value is -1.11. The van der Waals surface area contributed by atoms with Gasteiger partial charge in [-0.15, -0.1) is 0 Å². The zero-order valence-electron chi connectivity index (χ0n) is 14.4. The minimum atomic E-state index is -3.49. The third-order valence-electron chi connectivity index (χ3n) is 3.36. The second-order valence-corrected chi connectivity index (χ2v) is 8.43. The standard InChI is InChI=1S/C16H28N2O3S/c1-16(2,3)14-12-13(8-9-15(14)21-6)22(19,20)17-10-7-11-18(4)5/h8-9,12,17H,7,10-11H2,1-6H3. The minimum Gasteiger partial charge on any atom is -0.496 e. The van der Waals surface area contributed by atoms with Gasteiger partial charge in [-0.25, -0.2) is 13.1 Å². The lowest BCUT2D eigenvalue weighted by Crippen LogP contribution is -2.27. The third-order valence-corrected chi connectivity index (χ3v) is 4.82. The molecule has 0 aliphatic carbocycles. The number of rotatable bonds is 7. The number of hydrogen-bond acceptors (Lipinski definition) is 4. The monoisotopic (exact) mass is 328 g/mol. The molecule has 5 nitrogen and oxygen atoms in total. The van der Waals surface area contributed by atoms with Crippen LogP contribution < -0.4 is 9.46 Å². The van der Waals surface area contributed by atoms with E-state index in [0.717, 1.165) is 18.5 Å². The van der Waals surface area contributed by atoms with Crippen LogP contribution in [0.5, 0.6) is 5.75 Å². The third kappa shape index (κ3) is 5.26. The van der Waals surface area contributed by atoms with E-state index in [2.05, 4.69) is 4.72 Å². The number of benzene rings is 1. The summed E-state index contributed by atoms with van der Waals surface area (Å²) in [4.78, 5) is 2.31. The van der Waals surface area contributed by atoms with Crippen LogP contribution in [0.15, 0.2) is 23.1 Å². The lowest BCUT2D eigenvalue weighted by atomic mass is 9.86. The van der Waals surface area contributed by atoms with Crippen molar-refractivity contribution in [3.63, 3.8) is 0 Å². The highest BCUT2D eigenvalue weighted by molar-refractivity contribution is 7.89. The van der Waals surface area contributed by atoms with E-state index in [1.165, 1.54) is 0 Å². The summed E-state index contributed by atoms with van der Waals surface area (Å²) in [7, 11) is 2.04. The molecule has 0 heterocycles. The van der Waals surface area contributed by atoms with Crippen LogP contribution in [-0.2, 0) is 15.4 Å². The Balaban J connectivity index is 2.96. The van der Waals surface area contributed by atoms with Crippen molar-refractivity contribution in [2.24, 2.45) is 0 Å². The van der Waals surface area contributed by atoms with Crippen molar-refractivity contribution in [2.75, 3.05) is 34.3 Å². The van der Waals surface area contributed by atoms with E-state index >= 15 is 0 Å². The molecule has 1 aromatic carbocycles. The fourth-order valence-corrected chi connectivity index (χ4v) is 3.23. The summed E-state index contributed by atoms with van der Waals surface area (Å²) >= 11 is 0. The van der Waals surface area contributed by atoms with Crippen LogP contribution in [-0.4, -0.2) is 47.6 Å². The van der Waals surface area contributed by atoms with Crippen LogP contribution in [0.1, 0.15) is 32.8 Å². The molecule has 6 heteroatoms. The van der Waals surface area contributed by atoms with Gasteiger partial charge in [-0.1, -0.05) is 20.8 Å². The lowest BCUT2D eigenvalue weighted by Gasteiger charge is -2.23. The average molecular weight is 328 g/mol. The summed E-state index contributed by atoms with van der Waals surface area (Å²) in [6.07, 6.45) is 0.772. The molecule has 0 aromatic heterocycles. The first-order valence-corrected chi connectivity index (χ1v) is 8.89. The van der Waals surface area contributed by atoms with E-state index < -0.39 is 10.0 Å². The van der Waals surface area contributed by atoms with Gasteiger partial charge in [-0.05, 0) is 50.7 Å². The number of ether oxygens (including phenoxy) is 1. The van der Waals surface area contributed by atoms with Gasteiger partial charge in [0.05, 0.1) is 12.0 Å². The van der Waals surface area contributed by atoms with Gasteiger partial charge < -0.3 is 9.64 Å². The zero-order chi connectivity index (χ0) is 17.0. The van der Waals surface area contributed by atoms with Gasteiger partial charge in [-0.3, -0.25) is 0 Å². The van der Waals surface area contributed by atoms with Gasteiger partial charge in [0, 0.05) is 12.1 Å². The molecule has 0 bridgehead atoms. The van der Waals surface area contributed by atoms with Gasteiger partial charge in [0.1, 0.15) is 5.75 Å². The maximum absolute atomic E-state index is 12.4. The molecule has 0 unspecified atom stereocenters. The topological polar surface area (TPSA) is 58.6 Å². The highest BCUT2D eigenvalue weighted by atomic mass is 32.2. The first-order valence-electron chi connectivity index (χ1n) is 7.41. The highest BCUT2D eigenvalue weighted by Gasteiger charge is 2.22. The quantitative estimate of drug-likeness (QED) is 0.780. The predicted molar refractivity (Wildman–Crippen MR) is 90.1 cm³/mol. The Morgan fingerprint density at radius 2 is 1.86 bits per heavy atom. The highest BCUT2D eigenvalue weighted by Crippen LogP contribution is 2.33. The summed E-state index contributed by atoms with van der Waals surface area (Å²) in [5.74, 6) is 0.707. The van der Waals surface area contributed by atoms with Gasteiger partial charge in [0.25, 0.3) is 0 Å². The van der Waals surface area contributed by atoms with E-state index in [9.17, 15) is 8.42 Å². The SMILES string of the molecule is COc1ccc(S(=O)(=O)NCCCN(C)C)cc1C(C)(C)C. The first-order chi connectivity index (χ1) is 10.1. The van der Waals surface area contributed by atoms with Gasteiger partial charge >= 0.3 is 0 Å². The van der Waals surface area contributed by atoms with Crippen molar-refractivity contribution in [3.05, 3.63) is 23.8 Å². The zero-order valence-corrected chi connectivity index (χ0v) is 15.3. The molecule has 0 saturated heterocycles. The fourth-order valence-electron chi connectivity index (χ4n) is 2.13. The molecular formula is C16H28N2O3S. The number of nitrogens with zero attached hydrogens (tertiary/aromatic N) is 1.